The van der Waals surface area contributed by atoms with Gasteiger partial charge in [0.25, 0.3) is 0 Å². The summed E-state index contributed by atoms with van der Waals surface area (Å²) in [5, 5.41) is 2.93. The maximum Gasteiger partial charge on any atom is 0.226 e. The molecule has 34 heavy (non-hydrogen) atoms. The number of hydrogen-bond donors (Lipinski definition) is 1. The fourth-order valence-electron chi connectivity index (χ4n) is 5.87. The highest BCUT2D eigenvalue weighted by atomic mass is 16.1. The summed E-state index contributed by atoms with van der Waals surface area (Å²) in [6, 6.07) is 0. The van der Waals surface area contributed by atoms with Crippen LogP contribution in [0.5, 0.6) is 0 Å². The minimum absolute atomic E-state index is 0.0429. The third kappa shape index (κ3) is 4.97. The first-order valence-corrected chi connectivity index (χ1v) is 13.2. The molecule has 2 saturated heterocycles. The average molecular weight is 466 g/mol. The Morgan fingerprint density at radius 2 is 1.85 bits per heavy atom. The van der Waals surface area contributed by atoms with E-state index in [0.717, 1.165) is 56.8 Å². The zero-order valence-electron chi connectivity index (χ0n) is 21.0. The highest BCUT2D eigenvalue weighted by Gasteiger charge is 2.31. The number of carbonyl (C=O) groups is 1. The van der Waals surface area contributed by atoms with E-state index < -0.39 is 0 Å². The van der Waals surface area contributed by atoms with Crippen molar-refractivity contribution in [3.05, 3.63) is 29.6 Å². The molecule has 0 radical (unpaired) electrons. The fourth-order valence-corrected chi connectivity index (χ4v) is 5.87. The first kappa shape index (κ1) is 23.3. The molecule has 1 atom stereocenters. The molecule has 184 valence electrons. The summed E-state index contributed by atoms with van der Waals surface area (Å²) < 4.78 is 2.46. The Balaban J connectivity index is 1.30. The molecular weight excluding hydrogens is 426 g/mol. The Hall–Kier alpha value is -2.48. The Bertz CT molecular complexity index is 1000. The van der Waals surface area contributed by atoms with Gasteiger partial charge in [0.05, 0.1) is 5.69 Å². The van der Waals surface area contributed by atoms with E-state index in [0.29, 0.717) is 24.1 Å². The number of aromatic nitrogens is 4. The van der Waals surface area contributed by atoms with Crippen LogP contribution in [0.3, 0.4) is 0 Å². The van der Waals surface area contributed by atoms with E-state index in [2.05, 4.69) is 56.6 Å². The van der Waals surface area contributed by atoms with E-state index in [1.165, 1.54) is 37.4 Å². The van der Waals surface area contributed by atoms with Gasteiger partial charge in [0.2, 0.25) is 5.91 Å². The van der Waals surface area contributed by atoms with Crippen molar-refractivity contribution < 1.29 is 4.79 Å². The zero-order valence-corrected chi connectivity index (χ0v) is 21.0. The second-order valence-electron chi connectivity index (χ2n) is 10.8. The molecular formula is C26H39N7O. The maximum atomic E-state index is 12.0. The third-order valence-electron chi connectivity index (χ3n) is 7.60. The van der Waals surface area contributed by atoms with Crippen molar-refractivity contribution in [2.45, 2.75) is 77.7 Å². The monoisotopic (exact) mass is 465 g/mol. The second kappa shape index (κ2) is 10.0. The highest BCUT2D eigenvalue weighted by Crippen LogP contribution is 2.38. The first-order valence-electron chi connectivity index (χ1n) is 13.2. The van der Waals surface area contributed by atoms with E-state index in [4.69, 9.17) is 4.98 Å². The molecule has 0 aromatic carbocycles. The van der Waals surface area contributed by atoms with Gasteiger partial charge in [-0.25, -0.2) is 15.0 Å². The number of imidazole rings is 1. The van der Waals surface area contributed by atoms with Crippen molar-refractivity contribution in [3.63, 3.8) is 0 Å². The van der Waals surface area contributed by atoms with Gasteiger partial charge in [0.1, 0.15) is 23.8 Å². The third-order valence-corrected chi connectivity index (χ3v) is 7.60. The number of nitrogens with one attached hydrogen (secondary N) is 1. The van der Waals surface area contributed by atoms with Crippen molar-refractivity contribution in [1.29, 1.82) is 0 Å². The zero-order chi connectivity index (χ0) is 23.7. The van der Waals surface area contributed by atoms with Crippen LogP contribution in [0.1, 0.15) is 81.8 Å². The summed E-state index contributed by atoms with van der Waals surface area (Å²) in [6.45, 7) is 13.2. The van der Waals surface area contributed by atoms with Gasteiger partial charge in [0.15, 0.2) is 0 Å². The number of amides is 1. The van der Waals surface area contributed by atoms with Crippen LogP contribution in [-0.4, -0.2) is 63.0 Å². The van der Waals surface area contributed by atoms with Crippen LogP contribution in [0.15, 0.2) is 12.5 Å². The summed E-state index contributed by atoms with van der Waals surface area (Å²) in [5.41, 5.74) is 2.33. The molecule has 0 bridgehead atoms. The largest absolute Gasteiger partial charge is 0.356 e. The molecule has 0 spiro atoms. The van der Waals surface area contributed by atoms with Crippen molar-refractivity contribution in [3.8, 4) is 0 Å². The van der Waals surface area contributed by atoms with Crippen molar-refractivity contribution in [2.24, 2.45) is 5.92 Å². The molecule has 1 unspecified atom stereocenters. The number of hydrogen-bond acceptors (Lipinski definition) is 6. The molecule has 5 heterocycles. The fraction of sp³-hybridized carbons (Fsp3) is 0.692. The van der Waals surface area contributed by atoms with Crippen LogP contribution in [-0.2, 0) is 17.8 Å². The van der Waals surface area contributed by atoms with Crippen LogP contribution >= 0.6 is 0 Å². The molecule has 8 nitrogen and oxygen atoms in total. The molecule has 2 aromatic heterocycles. The van der Waals surface area contributed by atoms with Gasteiger partial charge >= 0.3 is 0 Å². The second-order valence-corrected chi connectivity index (χ2v) is 10.8. The minimum Gasteiger partial charge on any atom is -0.356 e. The molecule has 2 aromatic rings. The number of piperidine rings is 1. The van der Waals surface area contributed by atoms with Crippen molar-refractivity contribution >= 4 is 17.5 Å². The summed E-state index contributed by atoms with van der Waals surface area (Å²) in [5.74, 6) is 4.23. The van der Waals surface area contributed by atoms with Crippen LogP contribution in [0.2, 0.25) is 0 Å². The number of fused-ring (bicyclic) bond motifs is 1. The van der Waals surface area contributed by atoms with E-state index in [1.54, 1.807) is 6.33 Å². The molecule has 1 N–H and O–H groups in total. The lowest BCUT2D eigenvalue weighted by Gasteiger charge is -2.35. The predicted octanol–water partition coefficient (Wildman–Crippen LogP) is 3.80. The van der Waals surface area contributed by atoms with E-state index >= 15 is 0 Å². The molecule has 3 aliphatic rings. The molecule has 8 heteroatoms. The summed E-state index contributed by atoms with van der Waals surface area (Å²) >= 11 is 0. The molecule has 1 amide bonds. The normalized spacial score (nSPS) is 21.8. The molecule has 3 aliphatic heterocycles. The summed E-state index contributed by atoms with van der Waals surface area (Å²) in [7, 11) is 0. The smallest absolute Gasteiger partial charge is 0.226 e. The van der Waals surface area contributed by atoms with Gasteiger partial charge in [-0.05, 0) is 57.0 Å². The predicted molar refractivity (Wildman–Crippen MR) is 134 cm³/mol. The highest BCUT2D eigenvalue weighted by molar-refractivity contribution is 5.94. The van der Waals surface area contributed by atoms with Crippen molar-refractivity contribution in [1.82, 2.24) is 24.4 Å². The maximum absolute atomic E-state index is 12.0. The van der Waals surface area contributed by atoms with Gasteiger partial charge in [-0.3, -0.25) is 4.79 Å². The van der Waals surface area contributed by atoms with E-state index in [9.17, 15) is 4.79 Å². The lowest BCUT2D eigenvalue weighted by Crippen LogP contribution is -2.36. The van der Waals surface area contributed by atoms with E-state index in [-0.39, 0.29) is 11.8 Å². The Labute approximate surface area is 203 Å². The van der Waals surface area contributed by atoms with E-state index in [1.807, 2.05) is 0 Å². The standard InChI is InChI=1S/C26H39N7O/c1-18(2)14-21-16-33(13-12-31-8-4-5-9-31)25(29-21)20-6-10-32(11-7-20)26-23-19(3)15-22(34)30-24(23)27-17-28-26/h16-20H,4-15H2,1-3H3,(H,27,28,30,34). The van der Waals surface area contributed by atoms with Gasteiger partial charge in [-0.2, -0.15) is 0 Å². The molecule has 0 aliphatic carbocycles. The van der Waals surface area contributed by atoms with Gasteiger partial charge < -0.3 is 19.7 Å². The van der Waals surface area contributed by atoms with Gasteiger partial charge in [0, 0.05) is 50.3 Å². The van der Waals surface area contributed by atoms with Crippen molar-refractivity contribution in [2.75, 3.05) is 42.9 Å². The molecule has 5 rings (SSSR count). The molecule has 2 fully saturated rings. The summed E-state index contributed by atoms with van der Waals surface area (Å²) in [4.78, 5) is 31.1. The Morgan fingerprint density at radius 3 is 2.59 bits per heavy atom. The van der Waals surface area contributed by atoms with Crippen LogP contribution in [0.25, 0.3) is 0 Å². The van der Waals surface area contributed by atoms with Crippen LogP contribution < -0.4 is 10.2 Å². The minimum atomic E-state index is 0.0429. The lowest BCUT2D eigenvalue weighted by atomic mass is 9.92. The average Bonchev–Trinajstić information content (AvgIpc) is 3.46. The Kier molecular flexibility index (Phi) is 6.86. The number of rotatable bonds is 7. The molecule has 0 saturated carbocycles. The SMILES string of the molecule is CC(C)Cc1cn(CCN2CCCC2)c(C2CCN(c3ncnc4c3C(C)CC(=O)N4)CC2)n1. The lowest BCUT2D eigenvalue weighted by molar-refractivity contribution is -0.116. The number of anilines is 2. The Morgan fingerprint density at radius 1 is 1.09 bits per heavy atom. The first-order chi connectivity index (χ1) is 16.5. The van der Waals surface area contributed by atoms with Gasteiger partial charge in [-0.15, -0.1) is 0 Å². The van der Waals surface area contributed by atoms with Gasteiger partial charge in [-0.1, -0.05) is 20.8 Å². The topological polar surface area (TPSA) is 79.2 Å². The number of nitrogens with zero attached hydrogens (tertiary/aromatic N) is 6. The number of likely N-dealkylation sites (tertiary alicyclic amines) is 1. The van der Waals surface area contributed by atoms with Crippen LogP contribution in [0.4, 0.5) is 11.6 Å². The van der Waals surface area contributed by atoms with Crippen LogP contribution in [0, 0.1) is 5.92 Å². The number of carbonyl (C=O) groups excluding carboxylic acids is 1. The summed E-state index contributed by atoms with van der Waals surface area (Å²) in [6.07, 6.45) is 10.3. The quantitative estimate of drug-likeness (QED) is 0.670.